The lowest BCUT2D eigenvalue weighted by molar-refractivity contribution is -0.117. The van der Waals surface area contributed by atoms with E-state index < -0.39 is 5.60 Å². The molecule has 1 amide bonds. The molecular formula is C13H20N2O2. The van der Waals surface area contributed by atoms with Crippen LogP contribution in [0, 0.1) is 0 Å². The highest BCUT2D eigenvalue weighted by atomic mass is 16.3. The van der Waals surface area contributed by atoms with Gasteiger partial charge in [0.15, 0.2) is 0 Å². The minimum absolute atomic E-state index is 0.655. The summed E-state index contributed by atoms with van der Waals surface area (Å²) >= 11 is 0. The molecule has 1 rings (SSSR count). The molecule has 0 bridgehead atoms. The molecule has 4 nitrogen and oxygen atoms in total. The van der Waals surface area contributed by atoms with Gasteiger partial charge in [-0.2, -0.15) is 0 Å². The van der Waals surface area contributed by atoms with E-state index in [1.807, 2.05) is 19.1 Å². The summed E-state index contributed by atoms with van der Waals surface area (Å²) in [6, 6.07) is 5.60. The first-order valence-corrected chi connectivity index (χ1v) is 5.85. The fraction of sp³-hybridized carbons (Fsp3) is 0.538. The number of hydrogen-bond donors (Lipinski definition) is 1. The summed E-state index contributed by atoms with van der Waals surface area (Å²) in [5.41, 5.74) is 0.625. The van der Waals surface area contributed by atoms with Crippen LogP contribution in [0.4, 0.5) is 0 Å². The zero-order valence-corrected chi connectivity index (χ0v) is 10.7. The van der Waals surface area contributed by atoms with Crippen LogP contribution in [0.25, 0.3) is 0 Å². The minimum atomic E-state index is -0.925. The number of aromatic nitrogens is 1. The lowest BCUT2D eigenvalue weighted by Crippen LogP contribution is -2.24. The van der Waals surface area contributed by atoms with Gasteiger partial charge in [-0.3, -0.25) is 9.78 Å². The lowest BCUT2D eigenvalue weighted by atomic mass is 10.0. The number of likely N-dealkylation sites (N-methyl/N-ethyl adjacent to an activating group) is 1. The molecule has 1 N–H and O–H groups in total. The van der Waals surface area contributed by atoms with Crippen molar-refractivity contribution >= 4 is 6.41 Å². The highest BCUT2D eigenvalue weighted by Gasteiger charge is 2.17. The maximum atomic E-state index is 10.6. The van der Waals surface area contributed by atoms with E-state index in [9.17, 15) is 9.90 Å². The van der Waals surface area contributed by atoms with Gasteiger partial charge in [0.05, 0.1) is 5.69 Å². The van der Waals surface area contributed by atoms with E-state index in [0.717, 1.165) is 12.1 Å². The Hall–Kier alpha value is -1.42. The number of nitrogens with zero attached hydrogens (tertiary/aromatic N) is 2. The standard InChI is InChI=1S/C13H20N2O2/c1-4-15(10-16)9-8-11-6-5-7-12(14-11)13(2,3)17/h5-7,10,17H,4,8-9H2,1-3H3. The van der Waals surface area contributed by atoms with Gasteiger partial charge in [0.2, 0.25) is 6.41 Å². The summed E-state index contributed by atoms with van der Waals surface area (Å²) in [6.45, 7) is 6.72. The number of pyridine rings is 1. The van der Waals surface area contributed by atoms with Crippen molar-refractivity contribution in [1.29, 1.82) is 0 Å². The van der Waals surface area contributed by atoms with Gasteiger partial charge in [0, 0.05) is 25.2 Å². The molecule has 0 atom stereocenters. The molecule has 0 saturated heterocycles. The third kappa shape index (κ3) is 4.15. The summed E-state index contributed by atoms with van der Waals surface area (Å²) in [4.78, 5) is 16.7. The van der Waals surface area contributed by atoms with Crippen LogP contribution in [-0.4, -0.2) is 34.5 Å². The maximum absolute atomic E-state index is 10.6. The third-order valence-electron chi connectivity index (χ3n) is 2.64. The first-order valence-electron chi connectivity index (χ1n) is 5.85. The van der Waals surface area contributed by atoms with Crippen molar-refractivity contribution in [2.45, 2.75) is 32.8 Å². The average Bonchev–Trinajstić information content (AvgIpc) is 2.30. The van der Waals surface area contributed by atoms with Gasteiger partial charge in [0.25, 0.3) is 0 Å². The highest BCUT2D eigenvalue weighted by Crippen LogP contribution is 2.17. The highest BCUT2D eigenvalue weighted by molar-refractivity contribution is 5.46. The molecule has 0 spiro atoms. The number of amides is 1. The molecule has 0 saturated carbocycles. The summed E-state index contributed by atoms with van der Waals surface area (Å²) in [6.07, 6.45) is 1.55. The van der Waals surface area contributed by atoms with Crippen molar-refractivity contribution < 1.29 is 9.90 Å². The number of carbonyl (C=O) groups excluding carboxylic acids is 1. The van der Waals surface area contributed by atoms with Gasteiger partial charge in [-0.25, -0.2) is 0 Å². The maximum Gasteiger partial charge on any atom is 0.209 e. The monoisotopic (exact) mass is 236 g/mol. The number of aliphatic hydroxyl groups is 1. The van der Waals surface area contributed by atoms with Crippen LogP contribution in [-0.2, 0) is 16.8 Å². The summed E-state index contributed by atoms with van der Waals surface area (Å²) in [5, 5.41) is 9.85. The quantitative estimate of drug-likeness (QED) is 0.758. The van der Waals surface area contributed by atoms with Crippen molar-refractivity contribution in [3.05, 3.63) is 29.6 Å². The second-order valence-corrected chi connectivity index (χ2v) is 4.56. The number of rotatable bonds is 6. The second-order valence-electron chi connectivity index (χ2n) is 4.56. The molecule has 0 aromatic carbocycles. The van der Waals surface area contributed by atoms with Crippen LogP contribution in [0.15, 0.2) is 18.2 Å². The molecule has 1 heterocycles. The minimum Gasteiger partial charge on any atom is -0.384 e. The number of hydrogen-bond acceptors (Lipinski definition) is 3. The Balaban J connectivity index is 2.69. The Kier molecular flexibility index (Phi) is 4.63. The van der Waals surface area contributed by atoms with Gasteiger partial charge in [-0.15, -0.1) is 0 Å². The molecule has 0 unspecified atom stereocenters. The SMILES string of the molecule is CCN(C=O)CCc1cccc(C(C)(C)O)n1. The fourth-order valence-corrected chi connectivity index (χ4v) is 1.50. The number of carbonyl (C=O) groups is 1. The first-order chi connectivity index (χ1) is 7.97. The van der Waals surface area contributed by atoms with Crippen molar-refractivity contribution in [2.24, 2.45) is 0 Å². The zero-order chi connectivity index (χ0) is 12.9. The van der Waals surface area contributed by atoms with Crippen molar-refractivity contribution in [2.75, 3.05) is 13.1 Å². The molecule has 4 heteroatoms. The molecule has 0 aliphatic carbocycles. The zero-order valence-electron chi connectivity index (χ0n) is 10.7. The second kappa shape index (κ2) is 5.77. The summed E-state index contributed by atoms with van der Waals surface area (Å²) < 4.78 is 0. The van der Waals surface area contributed by atoms with Crippen LogP contribution < -0.4 is 0 Å². The Bertz CT molecular complexity index is 372. The van der Waals surface area contributed by atoms with Gasteiger partial charge in [-0.05, 0) is 32.9 Å². The van der Waals surface area contributed by atoms with Gasteiger partial charge < -0.3 is 10.0 Å². The van der Waals surface area contributed by atoms with E-state index in [0.29, 0.717) is 25.2 Å². The van der Waals surface area contributed by atoms with E-state index >= 15 is 0 Å². The van der Waals surface area contributed by atoms with E-state index in [-0.39, 0.29) is 0 Å². The Morgan fingerprint density at radius 2 is 2.18 bits per heavy atom. The van der Waals surface area contributed by atoms with Crippen molar-refractivity contribution in [3.63, 3.8) is 0 Å². The van der Waals surface area contributed by atoms with Crippen molar-refractivity contribution in [3.8, 4) is 0 Å². The van der Waals surface area contributed by atoms with Gasteiger partial charge in [-0.1, -0.05) is 6.07 Å². The summed E-state index contributed by atoms with van der Waals surface area (Å²) in [5.74, 6) is 0. The van der Waals surface area contributed by atoms with Crippen LogP contribution in [0.1, 0.15) is 32.2 Å². The predicted molar refractivity (Wildman–Crippen MR) is 66.5 cm³/mol. The van der Waals surface area contributed by atoms with E-state index in [1.165, 1.54) is 0 Å². The molecule has 0 aliphatic heterocycles. The summed E-state index contributed by atoms with van der Waals surface area (Å²) in [7, 11) is 0. The van der Waals surface area contributed by atoms with Crippen molar-refractivity contribution in [1.82, 2.24) is 9.88 Å². The molecular weight excluding hydrogens is 216 g/mol. The molecule has 1 aromatic heterocycles. The van der Waals surface area contributed by atoms with Crippen LogP contribution >= 0.6 is 0 Å². The van der Waals surface area contributed by atoms with E-state index in [1.54, 1.807) is 24.8 Å². The van der Waals surface area contributed by atoms with Gasteiger partial charge >= 0.3 is 0 Å². The Labute approximate surface area is 102 Å². The third-order valence-corrected chi connectivity index (χ3v) is 2.64. The fourth-order valence-electron chi connectivity index (χ4n) is 1.50. The Morgan fingerprint density at radius 3 is 2.71 bits per heavy atom. The molecule has 0 aliphatic rings. The molecule has 17 heavy (non-hydrogen) atoms. The predicted octanol–water partition coefficient (Wildman–Crippen LogP) is 1.33. The van der Waals surface area contributed by atoms with Gasteiger partial charge in [0.1, 0.15) is 5.60 Å². The topological polar surface area (TPSA) is 53.4 Å². The lowest BCUT2D eigenvalue weighted by Gasteiger charge is -2.18. The molecule has 0 radical (unpaired) electrons. The average molecular weight is 236 g/mol. The first kappa shape index (κ1) is 13.6. The van der Waals surface area contributed by atoms with E-state index in [2.05, 4.69) is 4.98 Å². The smallest absolute Gasteiger partial charge is 0.209 e. The Morgan fingerprint density at radius 1 is 1.47 bits per heavy atom. The molecule has 94 valence electrons. The van der Waals surface area contributed by atoms with E-state index in [4.69, 9.17) is 0 Å². The van der Waals surface area contributed by atoms with Crippen LogP contribution in [0.2, 0.25) is 0 Å². The van der Waals surface area contributed by atoms with Crippen LogP contribution in [0.3, 0.4) is 0 Å². The molecule has 0 fully saturated rings. The van der Waals surface area contributed by atoms with Crippen LogP contribution in [0.5, 0.6) is 0 Å². The normalized spacial score (nSPS) is 11.3. The molecule has 1 aromatic rings. The largest absolute Gasteiger partial charge is 0.384 e.